The van der Waals surface area contributed by atoms with Crippen molar-refractivity contribution in [1.29, 1.82) is 0 Å². The molecule has 0 aromatic heterocycles. The maximum Gasteiger partial charge on any atom is 0.341 e. The van der Waals surface area contributed by atoms with Gasteiger partial charge in [0.05, 0.1) is 24.1 Å². The Morgan fingerprint density at radius 3 is 2.65 bits per heavy atom. The van der Waals surface area contributed by atoms with Crippen LogP contribution in [-0.4, -0.2) is 47.4 Å². The number of unbranched alkanes of at least 4 members (excludes halogenated alkanes) is 1. The quantitative estimate of drug-likeness (QED) is 0.174. The Morgan fingerprint density at radius 2 is 2.00 bits per heavy atom. The van der Waals surface area contributed by atoms with Crippen molar-refractivity contribution < 1.29 is 29.2 Å². The third-order valence-electron chi connectivity index (χ3n) is 2.79. The summed E-state index contributed by atoms with van der Waals surface area (Å²) >= 11 is 0. The third kappa shape index (κ3) is 7.65. The monoisotopic (exact) mass is 325 g/mol. The molecule has 9 nitrogen and oxygen atoms in total. The zero-order valence-electron chi connectivity index (χ0n) is 12.8. The van der Waals surface area contributed by atoms with E-state index in [0.29, 0.717) is 24.9 Å². The van der Waals surface area contributed by atoms with Gasteiger partial charge in [0.1, 0.15) is 0 Å². The predicted molar refractivity (Wildman–Crippen MR) is 78.0 cm³/mol. The van der Waals surface area contributed by atoms with Gasteiger partial charge in [-0.05, 0) is 25.0 Å². The topological polar surface area (TPSA) is 114 Å². The summed E-state index contributed by atoms with van der Waals surface area (Å²) in [4.78, 5) is 26.7. The highest BCUT2D eigenvalue weighted by Gasteiger charge is 2.08. The molecule has 1 rings (SSSR count). The number of carbonyl (C=O) groups excluding carboxylic acids is 1. The van der Waals surface area contributed by atoms with Crippen LogP contribution in [0.4, 0.5) is 0 Å². The van der Waals surface area contributed by atoms with Crippen molar-refractivity contribution in [3.63, 3.8) is 0 Å². The molecule has 0 unspecified atom stereocenters. The molecule has 9 heteroatoms. The Kier molecular flexibility index (Phi) is 7.90. The van der Waals surface area contributed by atoms with Crippen LogP contribution in [0.15, 0.2) is 35.6 Å². The van der Waals surface area contributed by atoms with Gasteiger partial charge >= 0.3 is 11.9 Å². The second kappa shape index (κ2) is 9.98. The summed E-state index contributed by atoms with van der Waals surface area (Å²) in [6.45, 7) is -0.160. The van der Waals surface area contributed by atoms with E-state index in [-0.39, 0.29) is 11.4 Å². The van der Waals surface area contributed by atoms with Gasteiger partial charge in [-0.2, -0.15) is 0 Å². The van der Waals surface area contributed by atoms with Gasteiger partial charge in [-0.3, -0.25) is 4.79 Å². The zero-order valence-corrected chi connectivity index (χ0v) is 12.8. The van der Waals surface area contributed by atoms with Crippen LogP contribution in [0.5, 0.6) is 0 Å². The molecule has 0 heterocycles. The first-order chi connectivity index (χ1) is 11.0. The molecule has 0 fully saturated rings. The van der Waals surface area contributed by atoms with Crippen molar-refractivity contribution >= 4 is 11.9 Å². The van der Waals surface area contributed by atoms with Gasteiger partial charge in [-0.1, -0.05) is 18.2 Å². The molecule has 1 aromatic carbocycles. The Balaban J connectivity index is 2.22. The van der Waals surface area contributed by atoms with Crippen LogP contribution in [0.25, 0.3) is 0 Å². The van der Waals surface area contributed by atoms with Crippen LogP contribution in [0, 0.1) is 5.21 Å². The van der Waals surface area contributed by atoms with Gasteiger partial charge in [0.2, 0.25) is 5.28 Å². The standard InChI is InChI=1S/C14H19N3O6/c1-16(10-6-5-9-13(18)19)17(21)15-23-11-22-14(20)12-7-3-2-4-8-12/h2-4,7-8H,5-6,9-11H2,1H3,(H,18,19)/b17-15-. The highest BCUT2D eigenvalue weighted by molar-refractivity contribution is 5.89. The van der Waals surface area contributed by atoms with E-state index in [2.05, 4.69) is 10.1 Å². The lowest BCUT2D eigenvalue weighted by atomic mass is 10.2. The highest BCUT2D eigenvalue weighted by atomic mass is 16.8. The van der Waals surface area contributed by atoms with Crippen LogP contribution in [0.3, 0.4) is 0 Å². The molecule has 0 amide bonds. The van der Waals surface area contributed by atoms with Crippen LogP contribution in [0.2, 0.25) is 0 Å². The van der Waals surface area contributed by atoms with Crippen LogP contribution < -0.4 is 0 Å². The molecule has 0 aliphatic heterocycles. The number of nitrogens with zero attached hydrogens (tertiary/aromatic N) is 3. The van der Waals surface area contributed by atoms with Gasteiger partial charge in [-0.25, -0.2) is 4.79 Å². The normalized spacial score (nSPS) is 10.9. The summed E-state index contributed by atoms with van der Waals surface area (Å²) in [5.41, 5.74) is 0.366. The first-order valence-electron chi connectivity index (χ1n) is 6.96. The lowest BCUT2D eigenvalue weighted by Gasteiger charge is -2.12. The van der Waals surface area contributed by atoms with Gasteiger partial charge < -0.3 is 19.9 Å². The van der Waals surface area contributed by atoms with Crippen LogP contribution in [-0.2, 0) is 14.4 Å². The van der Waals surface area contributed by atoms with E-state index >= 15 is 0 Å². The Bertz CT molecular complexity index is 535. The van der Waals surface area contributed by atoms with Crippen molar-refractivity contribution in [3.8, 4) is 0 Å². The van der Waals surface area contributed by atoms with E-state index in [9.17, 15) is 14.8 Å². The largest absolute Gasteiger partial charge is 0.569 e. The molecule has 0 saturated heterocycles. The van der Waals surface area contributed by atoms with Gasteiger partial charge in [0, 0.05) is 6.42 Å². The van der Waals surface area contributed by atoms with Crippen LogP contribution >= 0.6 is 0 Å². The minimum Gasteiger partial charge on any atom is -0.569 e. The summed E-state index contributed by atoms with van der Waals surface area (Å²) in [5.74, 6) is -1.46. The molecule has 1 aromatic rings. The predicted octanol–water partition coefficient (Wildman–Crippen LogP) is 1.80. The fourth-order valence-corrected chi connectivity index (χ4v) is 1.58. The Morgan fingerprint density at radius 1 is 1.30 bits per heavy atom. The number of ether oxygens (including phenoxy) is 1. The number of esters is 1. The van der Waals surface area contributed by atoms with E-state index in [4.69, 9.17) is 9.84 Å². The van der Waals surface area contributed by atoms with Crippen molar-refractivity contribution in [2.45, 2.75) is 19.3 Å². The van der Waals surface area contributed by atoms with E-state index in [0.717, 1.165) is 0 Å². The molecule has 126 valence electrons. The molecule has 23 heavy (non-hydrogen) atoms. The number of hydrogen-bond donors (Lipinski definition) is 1. The van der Waals surface area contributed by atoms with Crippen molar-refractivity contribution in [3.05, 3.63) is 41.1 Å². The first kappa shape index (κ1) is 18.2. The number of carboxylic acid groups (broad SMARTS) is 1. The molecule has 1 N–H and O–H groups in total. The SMILES string of the molecule is CN(CCCCC(=O)O)/[N+]([O-])=N/OCOC(=O)c1ccccc1. The minimum absolute atomic E-state index is 0.0514. The molecular weight excluding hydrogens is 306 g/mol. The zero-order chi connectivity index (χ0) is 17.1. The number of carboxylic acids is 1. The molecule has 0 atom stereocenters. The summed E-state index contributed by atoms with van der Waals surface area (Å²) < 4.78 is 4.78. The van der Waals surface area contributed by atoms with E-state index in [1.165, 1.54) is 12.1 Å². The van der Waals surface area contributed by atoms with Crippen molar-refractivity contribution in [2.24, 2.45) is 5.28 Å². The van der Waals surface area contributed by atoms with Gasteiger partial charge in [-0.15, -0.1) is 5.01 Å². The van der Waals surface area contributed by atoms with Crippen molar-refractivity contribution in [2.75, 3.05) is 20.4 Å². The molecule has 0 spiro atoms. The van der Waals surface area contributed by atoms with Crippen molar-refractivity contribution in [1.82, 2.24) is 5.01 Å². The maximum absolute atomic E-state index is 11.6. The van der Waals surface area contributed by atoms with E-state index < -0.39 is 18.7 Å². The van der Waals surface area contributed by atoms with Gasteiger partial charge in [0.25, 0.3) is 6.79 Å². The number of hydrogen-bond acceptors (Lipinski definition) is 6. The summed E-state index contributed by atoms with van der Waals surface area (Å²) in [6.07, 6.45) is 1.04. The highest BCUT2D eigenvalue weighted by Crippen LogP contribution is 2.01. The molecular formula is C14H19N3O6. The molecule has 0 saturated carbocycles. The second-order valence-corrected chi connectivity index (χ2v) is 4.61. The molecule has 0 aliphatic rings. The third-order valence-corrected chi connectivity index (χ3v) is 2.79. The van der Waals surface area contributed by atoms with Crippen LogP contribution in [0.1, 0.15) is 29.6 Å². The number of benzene rings is 1. The van der Waals surface area contributed by atoms with E-state index in [1.54, 1.807) is 30.3 Å². The lowest BCUT2D eigenvalue weighted by molar-refractivity contribution is -0.706. The number of hydrazine groups is 1. The molecule has 0 bridgehead atoms. The average molecular weight is 325 g/mol. The summed E-state index contributed by atoms with van der Waals surface area (Å²) in [5, 5.41) is 24.4. The fraction of sp³-hybridized carbons (Fsp3) is 0.429. The number of aliphatic carboxylic acids is 1. The number of carbonyl (C=O) groups is 2. The summed E-state index contributed by atoms with van der Waals surface area (Å²) in [6, 6.07) is 8.33. The smallest absolute Gasteiger partial charge is 0.341 e. The lowest BCUT2D eigenvalue weighted by Crippen LogP contribution is -2.27. The Hall–Kier alpha value is -2.84. The second-order valence-electron chi connectivity index (χ2n) is 4.61. The average Bonchev–Trinajstić information content (AvgIpc) is 2.55. The minimum atomic E-state index is -0.875. The first-order valence-corrected chi connectivity index (χ1v) is 6.96. The fourth-order valence-electron chi connectivity index (χ4n) is 1.58. The molecule has 0 aliphatic carbocycles. The molecule has 0 radical (unpaired) electrons. The number of rotatable bonds is 10. The maximum atomic E-state index is 11.6. The Labute approximate surface area is 133 Å². The van der Waals surface area contributed by atoms with E-state index in [1.807, 2.05) is 0 Å². The van der Waals surface area contributed by atoms with Gasteiger partial charge in [0.15, 0.2) is 0 Å². The summed E-state index contributed by atoms with van der Waals surface area (Å²) in [7, 11) is 1.48.